The molecule has 1 saturated heterocycles. The largest absolute Gasteiger partial charge is 0.379 e. The molecule has 0 atom stereocenters. The molecule has 1 fully saturated rings. The third-order valence-corrected chi connectivity index (χ3v) is 3.68. The molecule has 6 nitrogen and oxygen atoms in total. The number of hydrogen-bond acceptors (Lipinski definition) is 4. The van der Waals surface area contributed by atoms with Gasteiger partial charge >= 0.3 is 6.03 Å². The molecule has 2 rings (SSSR count). The van der Waals surface area contributed by atoms with Crippen molar-refractivity contribution in [2.24, 2.45) is 0 Å². The maximum atomic E-state index is 11.8. The molecule has 2 N–H and O–H groups in total. The Morgan fingerprint density at radius 1 is 1.23 bits per heavy atom. The molecule has 0 bridgehead atoms. The van der Waals surface area contributed by atoms with Gasteiger partial charge in [-0.25, -0.2) is 4.79 Å². The van der Waals surface area contributed by atoms with Crippen molar-refractivity contribution in [3.63, 3.8) is 0 Å². The number of nitrogens with one attached hydrogen (secondary N) is 2. The van der Waals surface area contributed by atoms with Crippen LogP contribution in [-0.2, 0) is 4.74 Å². The Kier molecular flexibility index (Phi) is 6.48. The molecule has 122 valence electrons. The number of anilines is 2. The van der Waals surface area contributed by atoms with Crippen LogP contribution < -0.4 is 15.5 Å². The molecule has 1 aliphatic rings. The zero-order valence-corrected chi connectivity index (χ0v) is 13.5. The van der Waals surface area contributed by atoms with Crippen molar-refractivity contribution in [1.29, 1.82) is 0 Å². The van der Waals surface area contributed by atoms with Crippen molar-refractivity contribution >= 4 is 17.4 Å². The van der Waals surface area contributed by atoms with E-state index in [4.69, 9.17) is 4.74 Å². The van der Waals surface area contributed by atoms with Crippen LogP contribution in [0.3, 0.4) is 0 Å². The van der Waals surface area contributed by atoms with Crippen LogP contribution in [0.2, 0.25) is 0 Å². The number of morpholine rings is 1. The quantitative estimate of drug-likeness (QED) is 0.784. The minimum atomic E-state index is -0.153. The third-order valence-electron chi connectivity index (χ3n) is 3.68. The van der Waals surface area contributed by atoms with Gasteiger partial charge in [0.2, 0.25) is 0 Å². The van der Waals surface area contributed by atoms with Crippen molar-refractivity contribution in [1.82, 2.24) is 10.2 Å². The highest BCUT2D eigenvalue weighted by Gasteiger charge is 2.09. The van der Waals surface area contributed by atoms with Gasteiger partial charge in [0.1, 0.15) is 0 Å². The van der Waals surface area contributed by atoms with Crippen LogP contribution in [0.5, 0.6) is 0 Å². The lowest BCUT2D eigenvalue weighted by atomic mass is 10.2. The van der Waals surface area contributed by atoms with E-state index in [1.807, 2.05) is 43.3 Å². The summed E-state index contributed by atoms with van der Waals surface area (Å²) in [5, 5.41) is 5.73. The lowest BCUT2D eigenvalue weighted by Crippen LogP contribution is -2.38. The topological polar surface area (TPSA) is 56.8 Å². The van der Waals surface area contributed by atoms with Crippen molar-refractivity contribution in [2.45, 2.75) is 6.42 Å². The van der Waals surface area contributed by atoms with Gasteiger partial charge in [-0.3, -0.25) is 4.90 Å². The molecule has 1 aliphatic heterocycles. The van der Waals surface area contributed by atoms with Crippen LogP contribution in [0.25, 0.3) is 0 Å². The van der Waals surface area contributed by atoms with E-state index in [0.717, 1.165) is 50.6 Å². The van der Waals surface area contributed by atoms with Crippen LogP contribution in [0.1, 0.15) is 6.42 Å². The number of amides is 2. The van der Waals surface area contributed by atoms with E-state index in [0.29, 0.717) is 6.54 Å². The SMILES string of the molecule is CN(C)c1ccc(NC(=O)NCCCN2CCOCC2)cc1. The van der Waals surface area contributed by atoms with Crippen LogP contribution >= 0.6 is 0 Å². The molecule has 6 heteroatoms. The maximum absolute atomic E-state index is 11.8. The molecule has 0 aromatic heterocycles. The van der Waals surface area contributed by atoms with Gasteiger partial charge < -0.3 is 20.3 Å². The minimum Gasteiger partial charge on any atom is -0.379 e. The highest BCUT2D eigenvalue weighted by molar-refractivity contribution is 5.89. The average Bonchev–Trinajstić information content (AvgIpc) is 2.53. The Morgan fingerprint density at radius 3 is 2.55 bits per heavy atom. The monoisotopic (exact) mass is 306 g/mol. The fraction of sp³-hybridized carbons (Fsp3) is 0.562. The predicted molar refractivity (Wildman–Crippen MR) is 89.7 cm³/mol. The summed E-state index contributed by atoms with van der Waals surface area (Å²) in [6.07, 6.45) is 0.951. The molecule has 0 saturated carbocycles. The summed E-state index contributed by atoms with van der Waals surface area (Å²) >= 11 is 0. The third kappa shape index (κ3) is 5.54. The molecule has 1 aromatic carbocycles. The Morgan fingerprint density at radius 2 is 1.91 bits per heavy atom. The minimum absolute atomic E-state index is 0.153. The first kappa shape index (κ1) is 16.6. The van der Waals surface area contributed by atoms with E-state index < -0.39 is 0 Å². The second-order valence-electron chi connectivity index (χ2n) is 5.63. The number of hydrogen-bond donors (Lipinski definition) is 2. The predicted octanol–water partition coefficient (Wildman–Crippen LogP) is 1.60. The standard InChI is InChI=1S/C16H26N4O2/c1-19(2)15-6-4-14(5-7-15)18-16(21)17-8-3-9-20-10-12-22-13-11-20/h4-7H,3,8-13H2,1-2H3,(H2,17,18,21). The van der Waals surface area contributed by atoms with Gasteiger partial charge in [0, 0.05) is 45.1 Å². The molecule has 0 aliphatic carbocycles. The van der Waals surface area contributed by atoms with Crippen molar-refractivity contribution in [2.75, 3.05) is 63.7 Å². The zero-order chi connectivity index (χ0) is 15.8. The average molecular weight is 306 g/mol. The second kappa shape index (κ2) is 8.60. The summed E-state index contributed by atoms with van der Waals surface area (Å²) in [6.45, 7) is 5.29. The van der Waals surface area contributed by atoms with Crippen LogP contribution in [-0.4, -0.2) is 64.4 Å². The highest BCUT2D eigenvalue weighted by atomic mass is 16.5. The molecule has 22 heavy (non-hydrogen) atoms. The summed E-state index contributed by atoms with van der Waals surface area (Å²) in [5.41, 5.74) is 1.91. The lowest BCUT2D eigenvalue weighted by molar-refractivity contribution is 0.0375. The van der Waals surface area contributed by atoms with E-state index >= 15 is 0 Å². The van der Waals surface area contributed by atoms with E-state index in [-0.39, 0.29) is 6.03 Å². The van der Waals surface area contributed by atoms with Gasteiger partial charge in [-0.1, -0.05) is 0 Å². The van der Waals surface area contributed by atoms with E-state index in [9.17, 15) is 4.79 Å². The molecule has 1 aromatic rings. The lowest BCUT2D eigenvalue weighted by Gasteiger charge is -2.26. The fourth-order valence-corrected chi connectivity index (χ4v) is 2.35. The molecule has 2 amide bonds. The molecule has 1 heterocycles. The van der Waals surface area contributed by atoms with Crippen molar-refractivity contribution < 1.29 is 9.53 Å². The van der Waals surface area contributed by atoms with Crippen LogP contribution in [0.4, 0.5) is 16.2 Å². The number of benzene rings is 1. The second-order valence-corrected chi connectivity index (χ2v) is 5.63. The van der Waals surface area contributed by atoms with Crippen molar-refractivity contribution in [3.8, 4) is 0 Å². The first-order chi connectivity index (χ1) is 10.6. The summed E-state index contributed by atoms with van der Waals surface area (Å²) in [7, 11) is 3.98. The van der Waals surface area contributed by atoms with E-state index in [1.165, 1.54) is 0 Å². The first-order valence-corrected chi connectivity index (χ1v) is 7.77. The van der Waals surface area contributed by atoms with Crippen molar-refractivity contribution in [3.05, 3.63) is 24.3 Å². The van der Waals surface area contributed by atoms with Gasteiger partial charge in [-0.15, -0.1) is 0 Å². The van der Waals surface area contributed by atoms with Gasteiger partial charge in [0.05, 0.1) is 13.2 Å². The Bertz CT molecular complexity index is 456. The molecule has 0 radical (unpaired) electrons. The van der Waals surface area contributed by atoms with Crippen LogP contribution in [0.15, 0.2) is 24.3 Å². The van der Waals surface area contributed by atoms with Gasteiger partial charge in [0.15, 0.2) is 0 Å². The zero-order valence-electron chi connectivity index (χ0n) is 13.5. The molecule has 0 spiro atoms. The Labute approximate surface area is 132 Å². The fourth-order valence-electron chi connectivity index (χ4n) is 2.35. The number of carbonyl (C=O) groups is 1. The van der Waals surface area contributed by atoms with Gasteiger partial charge in [-0.2, -0.15) is 0 Å². The van der Waals surface area contributed by atoms with E-state index in [2.05, 4.69) is 15.5 Å². The summed E-state index contributed by atoms with van der Waals surface area (Å²) < 4.78 is 5.31. The summed E-state index contributed by atoms with van der Waals surface area (Å²) in [4.78, 5) is 16.2. The van der Waals surface area contributed by atoms with Crippen LogP contribution in [0, 0.1) is 0 Å². The van der Waals surface area contributed by atoms with Gasteiger partial charge in [0.25, 0.3) is 0 Å². The number of carbonyl (C=O) groups excluding carboxylic acids is 1. The molecular formula is C16H26N4O2. The first-order valence-electron chi connectivity index (χ1n) is 7.77. The number of urea groups is 1. The number of rotatable bonds is 6. The smallest absolute Gasteiger partial charge is 0.319 e. The molecule has 0 unspecified atom stereocenters. The Balaban J connectivity index is 1.62. The normalized spacial score (nSPS) is 15.4. The van der Waals surface area contributed by atoms with Gasteiger partial charge in [-0.05, 0) is 37.2 Å². The maximum Gasteiger partial charge on any atom is 0.319 e. The molecular weight excluding hydrogens is 280 g/mol. The summed E-state index contributed by atoms with van der Waals surface area (Å²) in [6, 6.07) is 7.62. The Hall–Kier alpha value is -1.79. The number of nitrogens with zero attached hydrogens (tertiary/aromatic N) is 2. The number of ether oxygens (including phenoxy) is 1. The van der Waals surface area contributed by atoms with E-state index in [1.54, 1.807) is 0 Å². The highest BCUT2D eigenvalue weighted by Crippen LogP contribution is 2.15. The summed E-state index contributed by atoms with van der Waals surface area (Å²) in [5.74, 6) is 0.